The van der Waals surface area contributed by atoms with Crippen molar-refractivity contribution in [2.45, 2.75) is 0 Å². The molecule has 0 spiro atoms. The summed E-state index contributed by atoms with van der Waals surface area (Å²) in [5, 5.41) is 0.942. The zero-order chi connectivity index (χ0) is 14.9. The summed E-state index contributed by atoms with van der Waals surface area (Å²) in [6.45, 7) is 0. The normalized spacial score (nSPS) is 10.4. The molecular weight excluding hydrogens is 323 g/mol. The number of benzene rings is 1. The third kappa shape index (κ3) is 2.82. The minimum atomic E-state index is -0.568. The van der Waals surface area contributed by atoms with Gasteiger partial charge in [-0.25, -0.2) is 4.79 Å². The SMILES string of the molecule is COC(=O)c1cc(N)cnc1-c1cc(Cl)c(Cl)cc1Cl. The van der Waals surface area contributed by atoms with Crippen LogP contribution in [0.5, 0.6) is 0 Å². The number of anilines is 1. The Morgan fingerprint density at radius 1 is 1.15 bits per heavy atom. The summed E-state index contributed by atoms with van der Waals surface area (Å²) in [5.74, 6) is -0.568. The molecule has 104 valence electrons. The average molecular weight is 332 g/mol. The van der Waals surface area contributed by atoms with Gasteiger partial charge in [0.1, 0.15) is 0 Å². The van der Waals surface area contributed by atoms with E-state index in [0.29, 0.717) is 32.0 Å². The largest absolute Gasteiger partial charge is 0.465 e. The molecule has 0 aliphatic heterocycles. The maximum atomic E-state index is 11.8. The standard InChI is InChI=1S/C13H9Cl3N2O2/c1-20-13(19)8-2-6(17)5-18-12(8)7-3-10(15)11(16)4-9(7)14/h2-5H,17H2,1H3. The quantitative estimate of drug-likeness (QED) is 0.665. The van der Waals surface area contributed by atoms with Crippen molar-refractivity contribution in [1.82, 2.24) is 4.98 Å². The van der Waals surface area contributed by atoms with E-state index in [1.165, 1.54) is 31.5 Å². The van der Waals surface area contributed by atoms with E-state index in [-0.39, 0.29) is 5.56 Å². The van der Waals surface area contributed by atoms with Crippen molar-refractivity contribution in [1.29, 1.82) is 0 Å². The molecule has 2 N–H and O–H groups in total. The number of hydrogen-bond donors (Lipinski definition) is 1. The van der Waals surface area contributed by atoms with Crippen LogP contribution in [0.4, 0.5) is 5.69 Å². The van der Waals surface area contributed by atoms with Crippen molar-refractivity contribution in [3.8, 4) is 11.3 Å². The Bertz CT molecular complexity index is 690. The number of aromatic nitrogens is 1. The molecule has 2 aromatic rings. The van der Waals surface area contributed by atoms with Crippen LogP contribution in [0.25, 0.3) is 11.3 Å². The Kier molecular flexibility index (Phi) is 4.38. The molecule has 0 aliphatic carbocycles. The van der Waals surface area contributed by atoms with Crippen LogP contribution in [0.2, 0.25) is 15.1 Å². The number of nitrogen functional groups attached to an aromatic ring is 1. The van der Waals surface area contributed by atoms with E-state index < -0.39 is 5.97 Å². The molecule has 7 heteroatoms. The van der Waals surface area contributed by atoms with E-state index in [1.54, 1.807) is 0 Å². The Hall–Kier alpha value is -1.49. The highest BCUT2D eigenvalue weighted by molar-refractivity contribution is 6.44. The van der Waals surface area contributed by atoms with Crippen LogP contribution >= 0.6 is 34.8 Å². The van der Waals surface area contributed by atoms with Crippen molar-refractivity contribution in [3.05, 3.63) is 45.0 Å². The molecule has 2 rings (SSSR count). The third-order valence-electron chi connectivity index (χ3n) is 2.58. The van der Waals surface area contributed by atoms with Gasteiger partial charge >= 0.3 is 5.97 Å². The zero-order valence-electron chi connectivity index (χ0n) is 10.3. The molecule has 1 aromatic heterocycles. The fourth-order valence-corrected chi connectivity index (χ4v) is 2.30. The number of rotatable bonds is 2. The fraction of sp³-hybridized carbons (Fsp3) is 0.0769. The Balaban J connectivity index is 2.69. The molecule has 0 aliphatic rings. The van der Waals surface area contributed by atoms with Crippen LogP contribution in [0.1, 0.15) is 10.4 Å². The highest BCUT2D eigenvalue weighted by Gasteiger charge is 2.18. The number of ether oxygens (including phenoxy) is 1. The van der Waals surface area contributed by atoms with Crippen molar-refractivity contribution < 1.29 is 9.53 Å². The van der Waals surface area contributed by atoms with Crippen molar-refractivity contribution in [2.24, 2.45) is 0 Å². The summed E-state index contributed by atoms with van der Waals surface area (Å²) in [6.07, 6.45) is 1.42. The molecule has 20 heavy (non-hydrogen) atoms. The van der Waals surface area contributed by atoms with E-state index >= 15 is 0 Å². The van der Waals surface area contributed by atoms with Gasteiger partial charge in [-0.05, 0) is 18.2 Å². The van der Waals surface area contributed by atoms with Gasteiger partial charge in [-0.3, -0.25) is 4.98 Å². The number of halogens is 3. The van der Waals surface area contributed by atoms with E-state index in [9.17, 15) is 4.79 Å². The number of methoxy groups -OCH3 is 1. The minimum Gasteiger partial charge on any atom is -0.465 e. The molecule has 0 bridgehead atoms. The summed E-state index contributed by atoms with van der Waals surface area (Å²) < 4.78 is 4.71. The molecule has 1 aromatic carbocycles. The molecule has 0 radical (unpaired) electrons. The summed E-state index contributed by atoms with van der Waals surface area (Å²) in [7, 11) is 1.27. The number of carbonyl (C=O) groups excluding carboxylic acids is 1. The number of pyridine rings is 1. The Morgan fingerprint density at radius 3 is 2.45 bits per heavy atom. The molecule has 0 fully saturated rings. The van der Waals surface area contributed by atoms with Gasteiger partial charge in [-0.2, -0.15) is 0 Å². The second-order valence-electron chi connectivity index (χ2n) is 3.90. The van der Waals surface area contributed by atoms with Gasteiger partial charge in [0.05, 0.1) is 45.3 Å². The van der Waals surface area contributed by atoms with Crippen LogP contribution in [-0.4, -0.2) is 18.1 Å². The van der Waals surface area contributed by atoms with E-state index in [2.05, 4.69) is 4.98 Å². The highest BCUT2D eigenvalue weighted by atomic mass is 35.5. The van der Waals surface area contributed by atoms with E-state index in [4.69, 9.17) is 45.3 Å². The first-order valence-corrected chi connectivity index (χ1v) is 6.56. The van der Waals surface area contributed by atoms with Crippen molar-refractivity contribution >= 4 is 46.5 Å². The summed E-state index contributed by atoms with van der Waals surface area (Å²) in [4.78, 5) is 15.9. The first kappa shape index (κ1) is 14.9. The lowest BCUT2D eigenvalue weighted by Crippen LogP contribution is -2.06. The summed E-state index contributed by atoms with van der Waals surface area (Å²) in [6, 6.07) is 4.49. The van der Waals surface area contributed by atoms with Gasteiger partial charge in [-0.15, -0.1) is 0 Å². The number of hydrogen-bond acceptors (Lipinski definition) is 4. The van der Waals surface area contributed by atoms with Gasteiger partial charge < -0.3 is 10.5 Å². The number of nitrogens with two attached hydrogens (primary N) is 1. The predicted molar refractivity (Wildman–Crippen MR) is 80.5 cm³/mol. The van der Waals surface area contributed by atoms with Gasteiger partial charge in [0.15, 0.2) is 0 Å². The monoisotopic (exact) mass is 330 g/mol. The average Bonchev–Trinajstić information content (AvgIpc) is 2.42. The lowest BCUT2D eigenvalue weighted by atomic mass is 10.1. The highest BCUT2D eigenvalue weighted by Crippen LogP contribution is 2.36. The van der Waals surface area contributed by atoms with E-state index in [0.717, 1.165) is 0 Å². The molecule has 0 unspecified atom stereocenters. The molecule has 1 heterocycles. The summed E-state index contributed by atoms with van der Waals surface area (Å²) in [5.41, 5.74) is 6.98. The predicted octanol–water partition coefficient (Wildman–Crippen LogP) is 4.08. The van der Waals surface area contributed by atoms with Crippen LogP contribution in [-0.2, 0) is 4.74 Å². The van der Waals surface area contributed by atoms with Crippen LogP contribution in [0.3, 0.4) is 0 Å². The topological polar surface area (TPSA) is 65.2 Å². The maximum Gasteiger partial charge on any atom is 0.340 e. The van der Waals surface area contributed by atoms with Gasteiger partial charge in [0.25, 0.3) is 0 Å². The van der Waals surface area contributed by atoms with E-state index in [1.807, 2.05) is 0 Å². The third-order valence-corrected chi connectivity index (χ3v) is 3.61. The van der Waals surface area contributed by atoms with Crippen molar-refractivity contribution in [3.63, 3.8) is 0 Å². The Morgan fingerprint density at radius 2 is 1.80 bits per heavy atom. The zero-order valence-corrected chi connectivity index (χ0v) is 12.6. The lowest BCUT2D eigenvalue weighted by Gasteiger charge is -2.10. The fourth-order valence-electron chi connectivity index (χ4n) is 1.67. The van der Waals surface area contributed by atoms with Gasteiger partial charge in [0, 0.05) is 5.56 Å². The Labute approximate surface area is 130 Å². The minimum absolute atomic E-state index is 0.202. The second-order valence-corrected chi connectivity index (χ2v) is 5.12. The number of esters is 1. The summed E-state index contributed by atoms with van der Waals surface area (Å²) >= 11 is 18.0. The van der Waals surface area contributed by atoms with Crippen LogP contribution in [0, 0.1) is 0 Å². The number of nitrogens with zero attached hydrogens (tertiary/aromatic N) is 1. The molecule has 4 nitrogen and oxygen atoms in total. The lowest BCUT2D eigenvalue weighted by molar-refractivity contribution is 0.0601. The first-order chi connectivity index (χ1) is 9.43. The van der Waals surface area contributed by atoms with Crippen LogP contribution < -0.4 is 5.73 Å². The molecule has 0 saturated carbocycles. The van der Waals surface area contributed by atoms with Crippen molar-refractivity contribution in [2.75, 3.05) is 12.8 Å². The molecular formula is C13H9Cl3N2O2. The molecule has 0 saturated heterocycles. The molecule has 0 amide bonds. The first-order valence-electron chi connectivity index (χ1n) is 5.42. The smallest absolute Gasteiger partial charge is 0.340 e. The number of carbonyl (C=O) groups is 1. The second kappa shape index (κ2) is 5.87. The van der Waals surface area contributed by atoms with Crippen LogP contribution in [0.15, 0.2) is 24.4 Å². The van der Waals surface area contributed by atoms with Gasteiger partial charge in [-0.1, -0.05) is 34.8 Å². The molecule has 0 atom stereocenters. The van der Waals surface area contributed by atoms with Gasteiger partial charge in [0.2, 0.25) is 0 Å². The maximum absolute atomic E-state index is 11.8.